The number of hydrogen-bond acceptors (Lipinski definition) is 6. The third kappa shape index (κ3) is 5.75. The van der Waals surface area contributed by atoms with E-state index >= 15 is 0 Å². The van der Waals surface area contributed by atoms with Gasteiger partial charge in [0.05, 0.1) is 12.2 Å². The number of nitrogens with one attached hydrogen (secondary N) is 1. The van der Waals surface area contributed by atoms with Crippen LogP contribution in [0.3, 0.4) is 0 Å². The lowest BCUT2D eigenvalue weighted by Gasteiger charge is -2.32. The van der Waals surface area contributed by atoms with Crippen molar-refractivity contribution in [1.29, 1.82) is 0 Å². The first-order chi connectivity index (χ1) is 17.9. The van der Waals surface area contributed by atoms with Gasteiger partial charge in [0, 0.05) is 61.8 Å². The Morgan fingerprint density at radius 1 is 1.11 bits per heavy atom. The van der Waals surface area contributed by atoms with Crippen molar-refractivity contribution >= 4 is 23.2 Å². The third-order valence-corrected chi connectivity index (χ3v) is 8.27. The van der Waals surface area contributed by atoms with Gasteiger partial charge in [-0.15, -0.1) is 11.3 Å². The van der Waals surface area contributed by atoms with Crippen LogP contribution < -0.4 is 5.32 Å². The van der Waals surface area contributed by atoms with E-state index in [1.165, 1.54) is 12.1 Å². The Balaban J connectivity index is 1.29. The Labute approximate surface area is 220 Å². The van der Waals surface area contributed by atoms with Gasteiger partial charge >= 0.3 is 0 Å². The molecule has 2 amide bonds. The lowest BCUT2D eigenvalue weighted by molar-refractivity contribution is -0.132. The summed E-state index contributed by atoms with van der Waals surface area (Å²) in [5.41, 5.74) is 4.30. The van der Waals surface area contributed by atoms with E-state index in [4.69, 9.17) is 4.98 Å². The minimum absolute atomic E-state index is 0.0807. The van der Waals surface area contributed by atoms with Crippen LogP contribution in [0.25, 0.3) is 11.3 Å². The molecule has 0 spiro atoms. The summed E-state index contributed by atoms with van der Waals surface area (Å²) < 4.78 is 15.1. The third-order valence-electron chi connectivity index (χ3n) is 7.44. The van der Waals surface area contributed by atoms with E-state index in [1.54, 1.807) is 23.5 Å². The van der Waals surface area contributed by atoms with Gasteiger partial charge in [-0.05, 0) is 62.9 Å². The van der Waals surface area contributed by atoms with Gasteiger partial charge in [-0.2, -0.15) is 5.10 Å². The number of nitrogens with zero attached hydrogens (tertiary/aromatic N) is 5. The summed E-state index contributed by atoms with van der Waals surface area (Å²) in [6.45, 7) is 2.77. The van der Waals surface area contributed by atoms with Crippen LogP contribution in [0.2, 0.25) is 0 Å². The average molecular weight is 525 g/mol. The summed E-state index contributed by atoms with van der Waals surface area (Å²) in [7, 11) is 3.78. The van der Waals surface area contributed by atoms with E-state index in [9.17, 15) is 14.0 Å². The Bertz CT molecular complexity index is 1270. The number of likely N-dealkylation sites (N-methyl/N-ethyl adjacent to an activating group) is 1. The smallest absolute Gasteiger partial charge is 0.272 e. The summed E-state index contributed by atoms with van der Waals surface area (Å²) >= 11 is 1.58. The maximum Gasteiger partial charge on any atom is 0.272 e. The van der Waals surface area contributed by atoms with Gasteiger partial charge < -0.3 is 10.2 Å². The van der Waals surface area contributed by atoms with Gasteiger partial charge in [-0.25, -0.2) is 9.37 Å². The van der Waals surface area contributed by atoms with Crippen molar-refractivity contribution in [3.63, 3.8) is 0 Å². The van der Waals surface area contributed by atoms with Gasteiger partial charge in [0.15, 0.2) is 5.69 Å². The predicted octanol–water partition coefficient (Wildman–Crippen LogP) is 3.41. The van der Waals surface area contributed by atoms with Crippen LogP contribution in [0.1, 0.15) is 52.4 Å². The van der Waals surface area contributed by atoms with E-state index in [2.05, 4.69) is 15.3 Å². The zero-order valence-corrected chi connectivity index (χ0v) is 22.2. The highest BCUT2D eigenvalue weighted by Gasteiger charge is 2.31. The number of carbonyl (C=O) groups excluding carboxylic acids is 2. The first-order valence-electron chi connectivity index (χ1n) is 12.9. The molecule has 196 valence electrons. The van der Waals surface area contributed by atoms with Gasteiger partial charge in [-0.1, -0.05) is 0 Å². The van der Waals surface area contributed by atoms with Crippen molar-refractivity contribution in [2.45, 2.75) is 51.1 Å². The standard InChI is InChI=1S/C27H33FN6O2S/c1-32-20-10-11-23-21(15-20)26(31-33(23)2)27(36)29-12-4-14-34(13-3-5-25(32)35)16-24-30-22(17-37-24)18-6-8-19(28)9-7-18/h6-9,17,20H,3-5,10-16H2,1-2H3,(H,29,36). The number of benzene rings is 1. The topological polar surface area (TPSA) is 83.4 Å². The molecular formula is C27H33FN6O2S. The molecule has 1 aliphatic carbocycles. The van der Waals surface area contributed by atoms with Gasteiger partial charge in [0.2, 0.25) is 5.91 Å². The predicted molar refractivity (Wildman–Crippen MR) is 141 cm³/mol. The zero-order chi connectivity index (χ0) is 25.9. The molecule has 0 radical (unpaired) electrons. The number of hydrogen-bond donors (Lipinski definition) is 1. The molecule has 10 heteroatoms. The normalized spacial score (nSPS) is 19.9. The molecule has 1 N–H and O–H groups in total. The maximum absolute atomic E-state index is 13.3. The second kappa shape index (κ2) is 11.1. The van der Waals surface area contributed by atoms with Gasteiger partial charge in [0.25, 0.3) is 5.91 Å². The van der Waals surface area contributed by atoms with E-state index in [0.717, 1.165) is 66.3 Å². The van der Waals surface area contributed by atoms with Crippen LogP contribution >= 0.6 is 11.3 Å². The molecule has 1 unspecified atom stereocenters. The number of carbonyl (C=O) groups is 2. The Morgan fingerprint density at radius 2 is 1.89 bits per heavy atom. The first-order valence-corrected chi connectivity index (χ1v) is 13.8. The van der Waals surface area contributed by atoms with Crippen molar-refractivity contribution < 1.29 is 14.0 Å². The fourth-order valence-electron chi connectivity index (χ4n) is 5.30. The Hall–Kier alpha value is -3.11. The van der Waals surface area contributed by atoms with E-state index in [1.807, 2.05) is 29.1 Å². The number of fused-ring (bicyclic) bond motifs is 1. The molecule has 3 aromatic rings. The summed E-state index contributed by atoms with van der Waals surface area (Å²) in [5.74, 6) is -0.261. The fraction of sp³-hybridized carbons (Fsp3) is 0.481. The SMILES string of the molecule is CN1C(=O)CCCN(Cc2nc(-c3ccc(F)cc3)cs2)CCCNC(=O)c2nn(C)c3c2CC1CC3. The summed E-state index contributed by atoms with van der Waals surface area (Å²) in [6, 6.07) is 6.45. The van der Waals surface area contributed by atoms with Crippen LogP contribution in [0.5, 0.6) is 0 Å². The molecule has 1 aliphatic heterocycles. The van der Waals surface area contributed by atoms with E-state index in [0.29, 0.717) is 31.6 Å². The summed E-state index contributed by atoms with van der Waals surface area (Å²) in [6.07, 6.45) is 4.40. The molecular weight excluding hydrogens is 491 g/mol. The van der Waals surface area contributed by atoms with Gasteiger partial charge in [-0.3, -0.25) is 19.2 Å². The van der Waals surface area contributed by atoms with Crippen molar-refractivity contribution in [2.75, 3.05) is 26.7 Å². The Kier molecular flexibility index (Phi) is 7.66. The minimum atomic E-state index is -0.263. The number of halogens is 1. The van der Waals surface area contributed by atoms with Crippen LogP contribution in [0.15, 0.2) is 29.6 Å². The Morgan fingerprint density at radius 3 is 2.70 bits per heavy atom. The molecule has 1 aromatic carbocycles. The second-order valence-corrected chi connectivity index (χ2v) is 10.9. The van der Waals surface area contributed by atoms with Crippen molar-refractivity contribution in [1.82, 2.24) is 29.9 Å². The molecule has 8 nitrogen and oxygen atoms in total. The lowest BCUT2D eigenvalue weighted by Crippen LogP contribution is -2.41. The highest BCUT2D eigenvalue weighted by molar-refractivity contribution is 7.09. The molecule has 2 bridgehead atoms. The first kappa shape index (κ1) is 25.5. The van der Waals surface area contributed by atoms with Crippen molar-refractivity contribution in [3.05, 3.63) is 57.4 Å². The molecule has 0 saturated heterocycles. The van der Waals surface area contributed by atoms with Crippen molar-refractivity contribution in [3.8, 4) is 11.3 Å². The molecule has 37 heavy (non-hydrogen) atoms. The number of rotatable bonds is 3. The number of aryl methyl sites for hydroxylation is 1. The number of thiazole rings is 1. The zero-order valence-electron chi connectivity index (χ0n) is 21.4. The minimum Gasteiger partial charge on any atom is -0.351 e. The number of amides is 2. The highest BCUT2D eigenvalue weighted by Crippen LogP contribution is 2.27. The molecule has 5 rings (SSSR count). The van der Waals surface area contributed by atoms with Crippen molar-refractivity contribution in [2.24, 2.45) is 7.05 Å². The number of aromatic nitrogens is 3. The molecule has 1 atom stereocenters. The van der Waals surface area contributed by atoms with Crippen LogP contribution in [0, 0.1) is 5.82 Å². The van der Waals surface area contributed by atoms with E-state index < -0.39 is 0 Å². The lowest BCUT2D eigenvalue weighted by atomic mass is 9.90. The van der Waals surface area contributed by atoms with Gasteiger partial charge in [0.1, 0.15) is 10.8 Å². The van der Waals surface area contributed by atoms with Crippen LogP contribution in [-0.2, 0) is 31.2 Å². The average Bonchev–Trinajstić information content (AvgIpc) is 3.49. The molecule has 0 saturated carbocycles. The molecule has 0 fully saturated rings. The highest BCUT2D eigenvalue weighted by atomic mass is 32.1. The van der Waals surface area contributed by atoms with E-state index in [-0.39, 0.29) is 23.7 Å². The maximum atomic E-state index is 13.3. The van der Waals surface area contributed by atoms with Crippen LogP contribution in [-0.4, -0.2) is 69.1 Å². The monoisotopic (exact) mass is 524 g/mol. The molecule has 2 aromatic heterocycles. The summed E-state index contributed by atoms with van der Waals surface area (Å²) in [5, 5.41) is 10.6. The molecule has 3 heterocycles. The largest absolute Gasteiger partial charge is 0.351 e. The summed E-state index contributed by atoms with van der Waals surface area (Å²) in [4.78, 5) is 35.0. The van der Waals surface area contributed by atoms with Crippen LogP contribution in [0.4, 0.5) is 4.39 Å². The fourth-order valence-corrected chi connectivity index (χ4v) is 6.15. The molecule has 2 aliphatic rings. The quantitative estimate of drug-likeness (QED) is 0.568. The second-order valence-electron chi connectivity index (χ2n) is 9.92.